The highest BCUT2D eigenvalue weighted by atomic mass is 16.5. The lowest BCUT2D eigenvalue weighted by Gasteiger charge is -2.34. The molecule has 2 rings (SSSR count). The first-order chi connectivity index (χ1) is 13.9. The summed E-state index contributed by atoms with van der Waals surface area (Å²) >= 11 is 0. The van der Waals surface area contributed by atoms with Gasteiger partial charge in [0, 0.05) is 6.04 Å². The van der Waals surface area contributed by atoms with Crippen LogP contribution in [-0.2, 0) is 20.9 Å². The zero-order chi connectivity index (χ0) is 21.2. The van der Waals surface area contributed by atoms with Crippen molar-refractivity contribution in [3.8, 4) is 0 Å². The second-order valence-electron chi connectivity index (χ2n) is 7.93. The van der Waals surface area contributed by atoms with Crippen molar-refractivity contribution in [2.75, 3.05) is 6.54 Å². The number of carboxylic acids is 1. The highest BCUT2D eigenvalue weighted by Gasteiger charge is 2.34. The molecule has 1 aromatic carbocycles. The van der Waals surface area contributed by atoms with Crippen molar-refractivity contribution in [2.45, 2.75) is 71.1 Å². The number of carbonyl (C=O) groups excluding carboxylic acids is 2. The van der Waals surface area contributed by atoms with Crippen LogP contribution < -0.4 is 5.32 Å². The summed E-state index contributed by atoms with van der Waals surface area (Å²) in [6, 6.07) is 8.34. The summed E-state index contributed by atoms with van der Waals surface area (Å²) in [6.07, 6.45) is 5.06. The lowest BCUT2D eigenvalue weighted by atomic mass is 10.00. The Bertz CT molecular complexity index is 669. The van der Waals surface area contributed by atoms with Crippen LogP contribution in [0, 0.1) is 5.92 Å². The summed E-state index contributed by atoms with van der Waals surface area (Å²) in [5.41, 5.74) is 0.848. The van der Waals surface area contributed by atoms with Gasteiger partial charge >= 0.3 is 12.1 Å². The molecule has 2 amide bonds. The minimum atomic E-state index is -1.04. The van der Waals surface area contributed by atoms with Crippen LogP contribution in [0.15, 0.2) is 30.3 Å². The molecule has 0 radical (unpaired) electrons. The first-order valence-corrected chi connectivity index (χ1v) is 10.4. The van der Waals surface area contributed by atoms with Crippen LogP contribution in [0.5, 0.6) is 0 Å². The lowest BCUT2D eigenvalue weighted by molar-refractivity contribution is -0.148. The van der Waals surface area contributed by atoms with E-state index >= 15 is 0 Å². The second-order valence-corrected chi connectivity index (χ2v) is 7.93. The first kappa shape index (κ1) is 22.7. The van der Waals surface area contributed by atoms with E-state index in [-0.39, 0.29) is 31.0 Å². The van der Waals surface area contributed by atoms with Gasteiger partial charge in [0.15, 0.2) is 0 Å². The maximum Gasteiger partial charge on any atom is 0.408 e. The van der Waals surface area contributed by atoms with Crippen LogP contribution in [0.4, 0.5) is 4.79 Å². The summed E-state index contributed by atoms with van der Waals surface area (Å²) in [5, 5.41) is 12.0. The third kappa shape index (κ3) is 7.40. The number of carbonyl (C=O) groups is 3. The van der Waals surface area contributed by atoms with E-state index in [1.165, 1.54) is 4.90 Å². The molecule has 1 aromatic rings. The number of hydrogen-bond acceptors (Lipinski definition) is 4. The molecular weight excluding hydrogens is 372 g/mol. The van der Waals surface area contributed by atoms with Gasteiger partial charge in [0.1, 0.15) is 19.2 Å². The highest BCUT2D eigenvalue weighted by molar-refractivity contribution is 5.88. The number of aliphatic carboxylic acids is 1. The van der Waals surface area contributed by atoms with Gasteiger partial charge in [-0.1, -0.05) is 69.9 Å². The van der Waals surface area contributed by atoms with Crippen LogP contribution in [-0.4, -0.2) is 46.6 Å². The summed E-state index contributed by atoms with van der Waals surface area (Å²) < 4.78 is 5.25. The molecule has 1 aliphatic rings. The summed E-state index contributed by atoms with van der Waals surface area (Å²) in [5.74, 6) is -1.60. The molecule has 0 aliphatic heterocycles. The molecule has 7 heteroatoms. The Labute approximate surface area is 172 Å². The number of carboxylic acid groups (broad SMARTS) is 1. The number of nitrogens with zero attached hydrogens (tertiary/aromatic N) is 1. The third-order valence-corrected chi connectivity index (χ3v) is 5.27. The number of nitrogens with one attached hydrogen (secondary N) is 1. The summed E-state index contributed by atoms with van der Waals surface area (Å²) in [7, 11) is 0. The maximum atomic E-state index is 13.2. The smallest absolute Gasteiger partial charge is 0.408 e. The van der Waals surface area contributed by atoms with E-state index in [0.717, 1.165) is 44.1 Å². The van der Waals surface area contributed by atoms with Crippen molar-refractivity contribution in [1.29, 1.82) is 0 Å². The van der Waals surface area contributed by atoms with Crippen molar-refractivity contribution < 1.29 is 24.2 Å². The van der Waals surface area contributed by atoms with E-state index < -0.39 is 18.1 Å². The second kappa shape index (κ2) is 11.4. The zero-order valence-corrected chi connectivity index (χ0v) is 17.3. The molecule has 0 unspecified atom stereocenters. The summed E-state index contributed by atoms with van der Waals surface area (Å²) in [6.45, 7) is 3.40. The van der Waals surface area contributed by atoms with Gasteiger partial charge in [0.05, 0.1) is 0 Å². The lowest BCUT2D eigenvalue weighted by Crippen LogP contribution is -2.55. The maximum absolute atomic E-state index is 13.2. The molecule has 0 saturated heterocycles. The quantitative estimate of drug-likeness (QED) is 0.646. The number of rotatable bonds is 8. The van der Waals surface area contributed by atoms with Crippen molar-refractivity contribution in [3.05, 3.63) is 35.9 Å². The van der Waals surface area contributed by atoms with Gasteiger partial charge in [-0.05, 0) is 24.3 Å². The molecule has 1 saturated carbocycles. The summed E-state index contributed by atoms with van der Waals surface area (Å²) in [4.78, 5) is 38.4. The molecule has 1 atom stereocenters. The molecule has 1 aliphatic carbocycles. The predicted octanol–water partition coefficient (Wildman–Crippen LogP) is 3.57. The number of amides is 2. The fourth-order valence-electron chi connectivity index (χ4n) is 3.69. The number of hydrogen-bond donors (Lipinski definition) is 2. The third-order valence-electron chi connectivity index (χ3n) is 5.27. The minimum Gasteiger partial charge on any atom is -0.480 e. The van der Waals surface area contributed by atoms with E-state index in [4.69, 9.17) is 4.74 Å². The average molecular weight is 405 g/mol. The molecule has 1 fully saturated rings. The Morgan fingerprint density at radius 1 is 1.10 bits per heavy atom. The van der Waals surface area contributed by atoms with Crippen LogP contribution in [0.2, 0.25) is 0 Å². The number of benzene rings is 1. The van der Waals surface area contributed by atoms with Crippen LogP contribution >= 0.6 is 0 Å². The van der Waals surface area contributed by atoms with Gasteiger partial charge in [-0.15, -0.1) is 0 Å². The topological polar surface area (TPSA) is 95.9 Å². The van der Waals surface area contributed by atoms with Gasteiger partial charge < -0.3 is 20.1 Å². The van der Waals surface area contributed by atoms with Gasteiger partial charge in [0.25, 0.3) is 0 Å². The monoisotopic (exact) mass is 404 g/mol. The van der Waals surface area contributed by atoms with Crippen LogP contribution in [0.1, 0.15) is 57.9 Å². The van der Waals surface area contributed by atoms with Crippen molar-refractivity contribution in [3.63, 3.8) is 0 Å². The Morgan fingerprint density at radius 3 is 2.28 bits per heavy atom. The first-order valence-electron chi connectivity index (χ1n) is 10.4. The molecule has 0 aromatic heterocycles. The molecule has 29 heavy (non-hydrogen) atoms. The van der Waals surface area contributed by atoms with Crippen molar-refractivity contribution in [2.24, 2.45) is 5.92 Å². The molecule has 160 valence electrons. The van der Waals surface area contributed by atoms with Crippen molar-refractivity contribution in [1.82, 2.24) is 10.2 Å². The Morgan fingerprint density at radius 2 is 1.72 bits per heavy atom. The fraction of sp³-hybridized carbons (Fsp3) is 0.591. The molecule has 0 heterocycles. The van der Waals surface area contributed by atoms with E-state index in [9.17, 15) is 19.5 Å². The molecule has 7 nitrogen and oxygen atoms in total. The van der Waals surface area contributed by atoms with Gasteiger partial charge in [-0.2, -0.15) is 0 Å². The highest BCUT2D eigenvalue weighted by Crippen LogP contribution is 2.23. The Balaban J connectivity index is 2.05. The van der Waals surface area contributed by atoms with Crippen LogP contribution in [0.3, 0.4) is 0 Å². The SMILES string of the molecule is CC(C)[C@H](NC(=O)OCc1ccccc1)C(=O)N(CC(=O)O)C1CCCCCC1. The van der Waals surface area contributed by atoms with Gasteiger partial charge in [-0.25, -0.2) is 4.79 Å². The van der Waals surface area contributed by atoms with Crippen molar-refractivity contribution >= 4 is 18.0 Å². The van der Waals surface area contributed by atoms with E-state index in [2.05, 4.69) is 5.32 Å². The van der Waals surface area contributed by atoms with Gasteiger partial charge in [0.2, 0.25) is 5.91 Å². The fourth-order valence-corrected chi connectivity index (χ4v) is 3.69. The van der Waals surface area contributed by atoms with Gasteiger partial charge in [-0.3, -0.25) is 9.59 Å². The number of ether oxygens (including phenoxy) is 1. The minimum absolute atomic E-state index is 0.104. The Kier molecular flexibility index (Phi) is 8.96. The van der Waals surface area contributed by atoms with E-state index in [1.54, 1.807) is 0 Å². The molecular formula is C22H32N2O5. The molecule has 0 spiro atoms. The Hall–Kier alpha value is -2.57. The normalized spacial score (nSPS) is 16.0. The standard InChI is InChI=1S/C22H32N2O5/c1-16(2)20(23-22(28)29-15-17-10-6-5-7-11-17)21(27)24(14-19(25)26)18-12-8-3-4-9-13-18/h5-7,10-11,16,18,20H,3-4,8-9,12-15H2,1-2H3,(H,23,28)(H,25,26)/t20-/m0/s1. The number of alkyl carbamates (subject to hydrolysis) is 1. The average Bonchev–Trinajstić information content (AvgIpc) is 2.98. The van der Waals surface area contributed by atoms with E-state index in [1.807, 2.05) is 44.2 Å². The zero-order valence-electron chi connectivity index (χ0n) is 17.3. The molecule has 0 bridgehead atoms. The largest absolute Gasteiger partial charge is 0.480 e. The van der Waals surface area contributed by atoms with Crippen LogP contribution in [0.25, 0.3) is 0 Å². The predicted molar refractivity (Wildman–Crippen MR) is 109 cm³/mol. The van der Waals surface area contributed by atoms with E-state index in [0.29, 0.717) is 0 Å². The molecule has 2 N–H and O–H groups in total.